The van der Waals surface area contributed by atoms with E-state index in [9.17, 15) is 4.79 Å². The number of nitrogens with one attached hydrogen (secondary N) is 2. The zero-order chi connectivity index (χ0) is 26.8. The lowest BCUT2D eigenvalue weighted by Crippen LogP contribution is -2.24. The van der Waals surface area contributed by atoms with Gasteiger partial charge < -0.3 is 15.1 Å². The molecular weight excluding hydrogens is 474 g/mol. The van der Waals surface area contributed by atoms with E-state index in [2.05, 4.69) is 70.5 Å². The van der Waals surface area contributed by atoms with Crippen molar-refractivity contribution in [2.24, 2.45) is 11.1 Å². The molecule has 38 heavy (non-hydrogen) atoms. The summed E-state index contributed by atoms with van der Waals surface area (Å²) in [5, 5.41) is 7.29. The van der Waals surface area contributed by atoms with Crippen molar-refractivity contribution in [2.45, 2.75) is 66.3 Å². The first-order valence-corrected chi connectivity index (χ1v) is 13.3. The largest absolute Gasteiger partial charge is 0.357 e. The van der Waals surface area contributed by atoms with Gasteiger partial charge in [0.2, 0.25) is 0 Å². The molecule has 2 unspecified atom stereocenters. The first-order chi connectivity index (χ1) is 18.3. The Hall–Kier alpha value is -4.00. The number of carbonyl (C=O) groups is 1. The summed E-state index contributed by atoms with van der Waals surface area (Å²) in [6, 6.07) is 10.3. The van der Waals surface area contributed by atoms with E-state index in [4.69, 9.17) is 4.84 Å². The minimum Gasteiger partial charge on any atom is -0.357 e. The number of fused-ring (bicyclic) bond motifs is 1. The van der Waals surface area contributed by atoms with Gasteiger partial charge in [0.1, 0.15) is 0 Å². The molecule has 2 aromatic heterocycles. The molecule has 1 aliphatic heterocycles. The van der Waals surface area contributed by atoms with Crippen LogP contribution in [0.3, 0.4) is 0 Å². The number of allylic oxidation sites excluding steroid dienone is 2. The number of nitrogens with zero attached hydrogens (tertiary/aromatic N) is 3. The molecule has 0 spiro atoms. The standard InChI is InChI=1S/C31H35N5O2/c1-18-6-7-20(3)36-38-29(18)26-14-19(2)21(4)27-9-8-24(15-25(27)16-26)28-22(5)34-30(35-28)31(37)33-17-23-10-12-32-13-11-23/h8-13,15-16,19,21H,6-7,14,17H2,1-5H3,(H,33,37)(H,34,35). The molecular formula is C31H35N5O2. The van der Waals surface area contributed by atoms with E-state index in [-0.39, 0.29) is 5.91 Å². The normalized spacial score (nSPS) is 19.5. The van der Waals surface area contributed by atoms with Crippen molar-refractivity contribution in [3.63, 3.8) is 0 Å². The molecule has 196 valence electrons. The molecule has 1 amide bonds. The average molecular weight is 510 g/mol. The fourth-order valence-electron chi connectivity index (χ4n) is 5.17. The Balaban J connectivity index is 1.46. The van der Waals surface area contributed by atoms with E-state index in [0.29, 0.717) is 24.2 Å². The van der Waals surface area contributed by atoms with Gasteiger partial charge >= 0.3 is 0 Å². The third-order valence-corrected chi connectivity index (χ3v) is 7.71. The number of hydrogen-bond donors (Lipinski definition) is 2. The van der Waals surface area contributed by atoms with Crippen LogP contribution in [0, 0.1) is 12.8 Å². The molecule has 3 heterocycles. The molecule has 5 rings (SSSR count). The van der Waals surface area contributed by atoms with Crippen LogP contribution in [-0.2, 0) is 11.4 Å². The maximum absolute atomic E-state index is 12.8. The maximum Gasteiger partial charge on any atom is 0.287 e. The smallest absolute Gasteiger partial charge is 0.287 e. The van der Waals surface area contributed by atoms with Crippen LogP contribution in [0.15, 0.2) is 64.8 Å². The van der Waals surface area contributed by atoms with E-state index in [1.807, 2.05) is 26.0 Å². The SMILES string of the molecule is CC1=NOC(C2=Cc3cc(-c4nc(C(=O)NCc5ccncc5)[nH]c4C)ccc3C(C)C(C)C2)=C(C)CC1. The number of rotatable bonds is 5. The number of benzene rings is 1. The minimum absolute atomic E-state index is 0.237. The molecule has 0 saturated carbocycles. The van der Waals surface area contributed by atoms with Crippen LogP contribution in [-0.4, -0.2) is 26.6 Å². The Morgan fingerprint density at radius 2 is 1.89 bits per heavy atom. The highest BCUT2D eigenvalue weighted by molar-refractivity contribution is 5.91. The number of hydrogen-bond acceptors (Lipinski definition) is 5. The molecule has 0 radical (unpaired) electrons. The molecule has 2 atom stereocenters. The molecule has 7 heteroatoms. The summed E-state index contributed by atoms with van der Waals surface area (Å²) in [5.41, 5.74) is 9.51. The summed E-state index contributed by atoms with van der Waals surface area (Å²) in [6.45, 7) is 11.1. The van der Waals surface area contributed by atoms with Crippen LogP contribution in [0.2, 0.25) is 0 Å². The van der Waals surface area contributed by atoms with Crippen molar-refractivity contribution in [2.75, 3.05) is 0 Å². The highest BCUT2D eigenvalue weighted by atomic mass is 16.6. The topological polar surface area (TPSA) is 92.3 Å². The number of oxime groups is 1. The number of aryl methyl sites for hydroxylation is 1. The van der Waals surface area contributed by atoms with Gasteiger partial charge in [-0.05, 0) is 104 Å². The van der Waals surface area contributed by atoms with Crippen LogP contribution in [0.1, 0.15) is 85.9 Å². The van der Waals surface area contributed by atoms with E-state index < -0.39 is 0 Å². The number of aromatic nitrogens is 3. The summed E-state index contributed by atoms with van der Waals surface area (Å²) in [5.74, 6) is 1.82. The van der Waals surface area contributed by atoms with Crippen molar-refractivity contribution in [1.82, 2.24) is 20.3 Å². The Morgan fingerprint density at radius 1 is 1.11 bits per heavy atom. The van der Waals surface area contributed by atoms with Gasteiger partial charge in [-0.2, -0.15) is 0 Å². The predicted octanol–water partition coefficient (Wildman–Crippen LogP) is 6.70. The summed E-state index contributed by atoms with van der Waals surface area (Å²) in [6.07, 6.45) is 8.49. The second-order valence-corrected chi connectivity index (χ2v) is 10.6. The molecule has 1 aliphatic carbocycles. The van der Waals surface area contributed by atoms with Gasteiger partial charge in [0.25, 0.3) is 5.91 Å². The van der Waals surface area contributed by atoms with E-state index in [0.717, 1.165) is 58.8 Å². The van der Waals surface area contributed by atoms with Crippen LogP contribution in [0.25, 0.3) is 17.3 Å². The van der Waals surface area contributed by atoms with Crippen LogP contribution in [0.4, 0.5) is 0 Å². The fourth-order valence-corrected chi connectivity index (χ4v) is 5.17. The third kappa shape index (κ3) is 5.32. The molecule has 2 N–H and O–H groups in total. The van der Waals surface area contributed by atoms with E-state index >= 15 is 0 Å². The van der Waals surface area contributed by atoms with Crippen molar-refractivity contribution in [1.29, 1.82) is 0 Å². The maximum atomic E-state index is 12.8. The van der Waals surface area contributed by atoms with Crippen LogP contribution < -0.4 is 5.32 Å². The van der Waals surface area contributed by atoms with Gasteiger partial charge in [-0.1, -0.05) is 31.1 Å². The number of imidazole rings is 1. The summed E-state index contributed by atoms with van der Waals surface area (Å²) >= 11 is 0. The Bertz CT molecular complexity index is 1450. The van der Waals surface area contributed by atoms with Gasteiger partial charge in [0, 0.05) is 30.2 Å². The zero-order valence-electron chi connectivity index (χ0n) is 22.8. The predicted molar refractivity (Wildman–Crippen MR) is 150 cm³/mol. The number of pyridine rings is 1. The number of H-pyrrole nitrogens is 1. The second kappa shape index (κ2) is 10.8. The molecule has 0 bridgehead atoms. The Labute approximate surface area is 224 Å². The Morgan fingerprint density at radius 3 is 2.68 bits per heavy atom. The van der Waals surface area contributed by atoms with Gasteiger partial charge in [0.05, 0.1) is 11.4 Å². The number of aromatic amines is 1. The van der Waals surface area contributed by atoms with Crippen molar-refractivity contribution in [3.05, 3.63) is 87.8 Å². The lowest BCUT2D eigenvalue weighted by molar-refractivity contribution is 0.0941. The van der Waals surface area contributed by atoms with Crippen LogP contribution >= 0.6 is 0 Å². The number of carbonyl (C=O) groups excluding carboxylic acids is 1. The lowest BCUT2D eigenvalue weighted by Gasteiger charge is -2.20. The fraction of sp³-hybridized carbons (Fsp3) is 0.355. The molecule has 7 nitrogen and oxygen atoms in total. The molecule has 3 aromatic rings. The quantitative estimate of drug-likeness (QED) is 0.400. The molecule has 0 fully saturated rings. The molecule has 0 saturated heterocycles. The zero-order valence-corrected chi connectivity index (χ0v) is 22.8. The Kier molecular flexibility index (Phi) is 7.27. The first-order valence-electron chi connectivity index (χ1n) is 13.3. The van der Waals surface area contributed by atoms with Crippen molar-refractivity contribution >= 4 is 17.7 Å². The van der Waals surface area contributed by atoms with Crippen molar-refractivity contribution in [3.8, 4) is 11.3 Å². The average Bonchev–Trinajstić information content (AvgIpc) is 3.16. The van der Waals surface area contributed by atoms with Gasteiger partial charge in [0.15, 0.2) is 11.6 Å². The summed E-state index contributed by atoms with van der Waals surface area (Å²) < 4.78 is 0. The highest BCUT2D eigenvalue weighted by Crippen LogP contribution is 2.41. The van der Waals surface area contributed by atoms with Crippen LogP contribution in [0.5, 0.6) is 0 Å². The van der Waals surface area contributed by atoms with Gasteiger partial charge in [-0.15, -0.1) is 0 Å². The highest BCUT2D eigenvalue weighted by Gasteiger charge is 2.26. The van der Waals surface area contributed by atoms with Gasteiger partial charge in [-0.3, -0.25) is 9.78 Å². The minimum atomic E-state index is -0.237. The number of amides is 1. The summed E-state index contributed by atoms with van der Waals surface area (Å²) in [7, 11) is 0. The van der Waals surface area contributed by atoms with E-state index in [1.54, 1.807) is 12.4 Å². The summed E-state index contributed by atoms with van der Waals surface area (Å²) in [4.78, 5) is 30.7. The first kappa shape index (κ1) is 25.6. The second-order valence-electron chi connectivity index (χ2n) is 10.6. The van der Waals surface area contributed by atoms with Crippen molar-refractivity contribution < 1.29 is 9.63 Å². The van der Waals surface area contributed by atoms with E-state index in [1.165, 1.54) is 16.7 Å². The third-order valence-electron chi connectivity index (χ3n) is 7.71. The monoisotopic (exact) mass is 509 g/mol. The molecule has 1 aromatic carbocycles. The molecule has 2 aliphatic rings. The lowest BCUT2D eigenvalue weighted by atomic mass is 9.85. The van der Waals surface area contributed by atoms with Gasteiger partial charge in [-0.25, -0.2) is 4.98 Å².